The molecule has 0 bridgehead atoms. The van der Waals surface area contributed by atoms with Crippen molar-refractivity contribution in [2.45, 2.75) is 39.0 Å². The molecular formula is C14H19ClN2O3. The van der Waals surface area contributed by atoms with Crippen LogP contribution in [0.3, 0.4) is 0 Å². The van der Waals surface area contributed by atoms with Gasteiger partial charge < -0.3 is 4.74 Å². The zero-order valence-electron chi connectivity index (χ0n) is 11.7. The molecule has 0 aromatic heterocycles. The van der Waals surface area contributed by atoms with E-state index in [0.29, 0.717) is 19.2 Å². The molecule has 0 radical (unpaired) electrons. The van der Waals surface area contributed by atoms with Gasteiger partial charge in [-0.05, 0) is 25.0 Å². The highest BCUT2D eigenvalue weighted by Crippen LogP contribution is 2.26. The Balaban J connectivity index is 2.15. The van der Waals surface area contributed by atoms with Gasteiger partial charge in [0.2, 0.25) is 0 Å². The summed E-state index contributed by atoms with van der Waals surface area (Å²) >= 11 is 5.84. The lowest BCUT2D eigenvalue weighted by molar-refractivity contribution is -0.384. The van der Waals surface area contributed by atoms with Crippen molar-refractivity contribution in [3.05, 3.63) is 38.9 Å². The van der Waals surface area contributed by atoms with Crippen LogP contribution in [0.15, 0.2) is 18.2 Å². The molecule has 2 unspecified atom stereocenters. The van der Waals surface area contributed by atoms with E-state index in [4.69, 9.17) is 16.3 Å². The molecule has 1 saturated heterocycles. The van der Waals surface area contributed by atoms with Gasteiger partial charge in [-0.2, -0.15) is 0 Å². The third-order valence-electron chi connectivity index (χ3n) is 3.65. The van der Waals surface area contributed by atoms with Crippen LogP contribution in [0.5, 0.6) is 0 Å². The van der Waals surface area contributed by atoms with Gasteiger partial charge in [0.15, 0.2) is 0 Å². The fourth-order valence-corrected chi connectivity index (χ4v) is 2.70. The number of morpholine rings is 1. The van der Waals surface area contributed by atoms with Gasteiger partial charge in [-0.1, -0.05) is 24.6 Å². The Morgan fingerprint density at radius 3 is 2.95 bits per heavy atom. The van der Waals surface area contributed by atoms with E-state index in [-0.39, 0.29) is 16.8 Å². The average molecular weight is 299 g/mol. The smallest absolute Gasteiger partial charge is 0.288 e. The zero-order valence-corrected chi connectivity index (χ0v) is 12.5. The molecule has 1 aromatic rings. The minimum Gasteiger partial charge on any atom is -0.376 e. The second kappa shape index (κ2) is 6.52. The first-order valence-corrected chi connectivity index (χ1v) is 7.17. The first kappa shape index (κ1) is 15.2. The summed E-state index contributed by atoms with van der Waals surface area (Å²) in [6, 6.07) is 5.37. The van der Waals surface area contributed by atoms with Crippen molar-refractivity contribution >= 4 is 17.3 Å². The highest BCUT2D eigenvalue weighted by molar-refractivity contribution is 6.32. The minimum absolute atomic E-state index is 0.0291. The number of halogens is 1. The van der Waals surface area contributed by atoms with Crippen LogP contribution in [0.4, 0.5) is 5.69 Å². The molecule has 1 aliphatic heterocycles. The Hall–Kier alpha value is -1.17. The first-order chi connectivity index (χ1) is 9.51. The number of nitrogens with zero attached hydrogens (tertiary/aromatic N) is 2. The van der Waals surface area contributed by atoms with Crippen molar-refractivity contribution in [3.8, 4) is 0 Å². The summed E-state index contributed by atoms with van der Waals surface area (Å²) in [6.07, 6.45) is 1.20. The quantitative estimate of drug-likeness (QED) is 0.632. The second-order valence-corrected chi connectivity index (χ2v) is 5.59. The number of nitro groups is 1. The van der Waals surface area contributed by atoms with Gasteiger partial charge in [-0.15, -0.1) is 0 Å². The predicted molar refractivity (Wildman–Crippen MR) is 78.0 cm³/mol. The summed E-state index contributed by atoms with van der Waals surface area (Å²) in [5.74, 6) is 0. The summed E-state index contributed by atoms with van der Waals surface area (Å²) in [4.78, 5) is 12.8. The van der Waals surface area contributed by atoms with E-state index in [1.807, 2.05) is 13.0 Å². The number of nitro benzene ring substituents is 1. The Morgan fingerprint density at radius 2 is 2.30 bits per heavy atom. The molecule has 0 amide bonds. The Kier molecular flexibility index (Phi) is 4.96. The van der Waals surface area contributed by atoms with Crippen molar-refractivity contribution in [2.24, 2.45) is 0 Å². The van der Waals surface area contributed by atoms with Crippen LogP contribution in [0.25, 0.3) is 0 Å². The van der Waals surface area contributed by atoms with E-state index in [1.54, 1.807) is 12.1 Å². The van der Waals surface area contributed by atoms with Gasteiger partial charge in [0.25, 0.3) is 5.69 Å². The summed E-state index contributed by atoms with van der Waals surface area (Å²) < 4.78 is 5.66. The average Bonchev–Trinajstić information content (AvgIpc) is 2.41. The summed E-state index contributed by atoms with van der Waals surface area (Å²) in [6.45, 7) is 6.41. The van der Waals surface area contributed by atoms with Crippen LogP contribution < -0.4 is 0 Å². The van der Waals surface area contributed by atoms with Crippen molar-refractivity contribution in [2.75, 3.05) is 13.2 Å². The van der Waals surface area contributed by atoms with Gasteiger partial charge in [0.1, 0.15) is 5.02 Å². The van der Waals surface area contributed by atoms with Gasteiger partial charge in [-0.25, -0.2) is 0 Å². The molecule has 1 aromatic carbocycles. The number of rotatable bonds is 4. The molecule has 0 N–H and O–H groups in total. The van der Waals surface area contributed by atoms with Gasteiger partial charge in [-0.3, -0.25) is 15.0 Å². The lowest BCUT2D eigenvalue weighted by Gasteiger charge is -2.38. The highest BCUT2D eigenvalue weighted by atomic mass is 35.5. The molecule has 0 saturated carbocycles. The van der Waals surface area contributed by atoms with Gasteiger partial charge >= 0.3 is 0 Å². The molecule has 2 atom stereocenters. The fraction of sp³-hybridized carbons (Fsp3) is 0.571. The molecular weight excluding hydrogens is 280 g/mol. The van der Waals surface area contributed by atoms with Crippen molar-refractivity contribution in [1.82, 2.24) is 4.90 Å². The lowest BCUT2D eigenvalue weighted by atomic mass is 10.1. The van der Waals surface area contributed by atoms with Crippen LogP contribution in [-0.2, 0) is 11.3 Å². The van der Waals surface area contributed by atoms with Crippen LogP contribution in [0.2, 0.25) is 5.02 Å². The molecule has 1 heterocycles. The van der Waals surface area contributed by atoms with Crippen molar-refractivity contribution in [1.29, 1.82) is 0 Å². The van der Waals surface area contributed by atoms with Gasteiger partial charge in [0.05, 0.1) is 17.6 Å². The fourth-order valence-electron chi connectivity index (χ4n) is 2.51. The van der Waals surface area contributed by atoms with Gasteiger partial charge in [0, 0.05) is 25.2 Å². The zero-order chi connectivity index (χ0) is 14.7. The summed E-state index contributed by atoms with van der Waals surface area (Å²) in [5, 5.41) is 11.1. The van der Waals surface area contributed by atoms with Crippen LogP contribution in [0.1, 0.15) is 25.8 Å². The molecule has 110 valence electrons. The molecule has 0 spiro atoms. The summed E-state index contributed by atoms with van der Waals surface area (Å²) in [5.41, 5.74) is 0.882. The third-order valence-corrected chi connectivity index (χ3v) is 3.96. The molecule has 2 rings (SSSR count). The normalized spacial score (nSPS) is 23.8. The van der Waals surface area contributed by atoms with E-state index in [1.165, 1.54) is 0 Å². The molecule has 1 aliphatic rings. The summed E-state index contributed by atoms with van der Waals surface area (Å²) in [7, 11) is 0. The lowest BCUT2D eigenvalue weighted by Crippen LogP contribution is -2.47. The molecule has 1 fully saturated rings. The Labute approximate surface area is 123 Å². The SMILES string of the molecule is CCC1COC(C)CN1Cc1ccc(Cl)c([N+](=O)[O-])c1. The predicted octanol–water partition coefficient (Wildman–Crippen LogP) is 3.25. The maximum Gasteiger partial charge on any atom is 0.288 e. The minimum atomic E-state index is -0.439. The van der Waals surface area contributed by atoms with E-state index in [9.17, 15) is 10.1 Å². The van der Waals surface area contributed by atoms with Crippen molar-refractivity contribution in [3.63, 3.8) is 0 Å². The molecule has 5 nitrogen and oxygen atoms in total. The Bertz CT molecular complexity index is 495. The third kappa shape index (κ3) is 3.48. The first-order valence-electron chi connectivity index (χ1n) is 6.79. The monoisotopic (exact) mass is 298 g/mol. The standard InChI is InChI=1S/C14H19ClN2O3/c1-3-12-9-20-10(2)7-16(12)8-11-4-5-13(15)14(6-11)17(18)19/h4-6,10,12H,3,7-9H2,1-2H3. The molecule has 6 heteroatoms. The van der Waals surface area contributed by atoms with E-state index < -0.39 is 4.92 Å². The van der Waals surface area contributed by atoms with E-state index >= 15 is 0 Å². The molecule has 0 aliphatic carbocycles. The number of ether oxygens (including phenoxy) is 1. The maximum absolute atomic E-state index is 10.9. The number of benzene rings is 1. The van der Waals surface area contributed by atoms with Crippen molar-refractivity contribution < 1.29 is 9.66 Å². The van der Waals surface area contributed by atoms with E-state index in [0.717, 1.165) is 18.5 Å². The largest absolute Gasteiger partial charge is 0.376 e. The topological polar surface area (TPSA) is 55.6 Å². The van der Waals surface area contributed by atoms with Crippen LogP contribution in [0, 0.1) is 10.1 Å². The van der Waals surface area contributed by atoms with E-state index in [2.05, 4.69) is 11.8 Å². The second-order valence-electron chi connectivity index (χ2n) is 5.18. The number of hydrogen-bond acceptors (Lipinski definition) is 4. The highest BCUT2D eigenvalue weighted by Gasteiger charge is 2.26. The maximum atomic E-state index is 10.9. The molecule has 20 heavy (non-hydrogen) atoms. The van der Waals surface area contributed by atoms with Crippen LogP contribution in [-0.4, -0.2) is 35.1 Å². The van der Waals surface area contributed by atoms with Crippen LogP contribution >= 0.6 is 11.6 Å². The Morgan fingerprint density at radius 1 is 1.55 bits per heavy atom. The number of hydrogen-bond donors (Lipinski definition) is 0.